The fraction of sp³-hybridized carbons (Fsp3) is 0.368. The second-order valence-corrected chi connectivity index (χ2v) is 7.35. The van der Waals surface area contributed by atoms with Crippen molar-refractivity contribution >= 4 is 29.1 Å². The summed E-state index contributed by atoms with van der Waals surface area (Å²) in [6, 6.07) is 12.2. The van der Waals surface area contributed by atoms with E-state index in [-0.39, 0.29) is 5.91 Å². The quantitative estimate of drug-likeness (QED) is 0.475. The van der Waals surface area contributed by atoms with Crippen molar-refractivity contribution in [2.24, 2.45) is 0 Å². The van der Waals surface area contributed by atoms with Gasteiger partial charge in [0.25, 0.3) is 5.78 Å². The molecule has 0 radical (unpaired) electrons. The molecule has 3 aromatic rings. The first-order valence-electron chi connectivity index (χ1n) is 8.89. The fourth-order valence-corrected chi connectivity index (χ4v) is 3.65. The molecule has 8 heteroatoms. The highest BCUT2D eigenvalue weighted by Crippen LogP contribution is 2.18. The van der Waals surface area contributed by atoms with Crippen molar-refractivity contribution in [3.8, 4) is 0 Å². The molecule has 0 spiro atoms. The van der Waals surface area contributed by atoms with Crippen molar-refractivity contribution in [1.82, 2.24) is 24.9 Å². The third kappa shape index (κ3) is 4.97. The van der Waals surface area contributed by atoms with Crippen LogP contribution in [-0.2, 0) is 4.79 Å². The lowest BCUT2D eigenvalue weighted by Gasteiger charge is -2.19. The van der Waals surface area contributed by atoms with E-state index in [0.29, 0.717) is 23.2 Å². The molecule has 142 valence electrons. The van der Waals surface area contributed by atoms with Crippen LogP contribution < -0.4 is 10.2 Å². The SMILES string of the molecule is Cc1cc(C)n2c(SCC(=O)NCCCN(C)c3ccccc3)nnc2n1. The first kappa shape index (κ1) is 19.2. The molecule has 0 saturated heterocycles. The maximum absolute atomic E-state index is 12.1. The smallest absolute Gasteiger partial charge is 0.256 e. The third-order valence-electron chi connectivity index (χ3n) is 4.18. The fourth-order valence-electron chi connectivity index (χ4n) is 2.83. The van der Waals surface area contributed by atoms with E-state index < -0.39 is 0 Å². The summed E-state index contributed by atoms with van der Waals surface area (Å²) in [5, 5.41) is 11.9. The second kappa shape index (κ2) is 8.85. The zero-order valence-electron chi connectivity index (χ0n) is 15.8. The molecule has 0 unspecified atom stereocenters. The van der Waals surface area contributed by atoms with Gasteiger partial charge in [-0.05, 0) is 38.5 Å². The van der Waals surface area contributed by atoms with Crippen molar-refractivity contribution in [3.63, 3.8) is 0 Å². The molecule has 0 aliphatic rings. The number of amides is 1. The van der Waals surface area contributed by atoms with Crippen LogP contribution in [0.15, 0.2) is 41.6 Å². The Balaban J connectivity index is 1.43. The molecule has 0 fully saturated rings. The highest BCUT2D eigenvalue weighted by Gasteiger charge is 2.12. The van der Waals surface area contributed by atoms with Crippen LogP contribution in [0, 0.1) is 13.8 Å². The molecule has 0 saturated carbocycles. The van der Waals surface area contributed by atoms with E-state index in [0.717, 1.165) is 24.4 Å². The van der Waals surface area contributed by atoms with Gasteiger partial charge in [0.1, 0.15) is 0 Å². The third-order valence-corrected chi connectivity index (χ3v) is 5.11. The van der Waals surface area contributed by atoms with Gasteiger partial charge in [-0.2, -0.15) is 0 Å². The number of aromatic nitrogens is 4. The van der Waals surface area contributed by atoms with Gasteiger partial charge < -0.3 is 10.2 Å². The molecule has 2 heterocycles. The van der Waals surface area contributed by atoms with Crippen LogP contribution in [0.2, 0.25) is 0 Å². The molecule has 0 atom stereocenters. The van der Waals surface area contributed by atoms with Crippen LogP contribution >= 0.6 is 11.8 Å². The Hall–Kier alpha value is -2.61. The molecular weight excluding hydrogens is 360 g/mol. The number of thioether (sulfide) groups is 1. The monoisotopic (exact) mass is 384 g/mol. The van der Waals surface area contributed by atoms with Crippen LogP contribution in [0.25, 0.3) is 5.78 Å². The first-order valence-corrected chi connectivity index (χ1v) is 9.88. The Kier molecular flexibility index (Phi) is 6.28. The minimum atomic E-state index is -0.00293. The Morgan fingerprint density at radius 1 is 1.22 bits per heavy atom. The Bertz CT molecular complexity index is 911. The lowest BCUT2D eigenvalue weighted by molar-refractivity contribution is -0.118. The van der Waals surface area contributed by atoms with Gasteiger partial charge >= 0.3 is 0 Å². The zero-order valence-corrected chi connectivity index (χ0v) is 16.7. The molecular formula is C19H24N6OS. The number of carbonyl (C=O) groups excluding carboxylic acids is 1. The summed E-state index contributed by atoms with van der Waals surface area (Å²) in [7, 11) is 2.06. The van der Waals surface area contributed by atoms with Crippen molar-refractivity contribution in [2.75, 3.05) is 30.8 Å². The summed E-state index contributed by atoms with van der Waals surface area (Å²) >= 11 is 1.37. The van der Waals surface area contributed by atoms with Crippen molar-refractivity contribution in [3.05, 3.63) is 47.8 Å². The largest absolute Gasteiger partial charge is 0.375 e. The van der Waals surface area contributed by atoms with E-state index >= 15 is 0 Å². The molecule has 27 heavy (non-hydrogen) atoms. The van der Waals surface area contributed by atoms with Gasteiger partial charge in [0.05, 0.1) is 5.75 Å². The first-order chi connectivity index (χ1) is 13.0. The van der Waals surface area contributed by atoms with Gasteiger partial charge in [0.2, 0.25) is 5.91 Å². The second-order valence-electron chi connectivity index (χ2n) is 6.41. The zero-order chi connectivity index (χ0) is 19.2. The number of rotatable bonds is 8. The number of hydrogen-bond donors (Lipinski definition) is 1. The minimum absolute atomic E-state index is 0.00293. The number of carbonyl (C=O) groups is 1. The average molecular weight is 385 g/mol. The maximum atomic E-state index is 12.1. The molecule has 0 aliphatic carbocycles. The van der Waals surface area contributed by atoms with Crippen molar-refractivity contribution in [2.45, 2.75) is 25.4 Å². The molecule has 2 aromatic heterocycles. The van der Waals surface area contributed by atoms with Gasteiger partial charge in [-0.15, -0.1) is 10.2 Å². The summed E-state index contributed by atoms with van der Waals surface area (Å²) in [5.74, 6) is 0.874. The summed E-state index contributed by atoms with van der Waals surface area (Å²) in [6.07, 6.45) is 0.887. The van der Waals surface area contributed by atoms with E-state index in [9.17, 15) is 4.79 Å². The number of nitrogens with one attached hydrogen (secondary N) is 1. The minimum Gasteiger partial charge on any atom is -0.375 e. The number of para-hydroxylation sites is 1. The number of benzene rings is 1. The van der Waals surface area contributed by atoms with Crippen LogP contribution in [-0.4, -0.2) is 51.4 Å². The average Bonchev–Trinajstić information content (AvgIpc) is 3.07. The summed E-state index contributed by atoms with van der Waals surface area (Å²) in [4.78, 5) is 18.6. The number of hydrogen-bond acceptors (Lipinski definition) is 6. The van der Waals surface area contributed by atoms with Gasteiger partial charge in [0, 0.05) is 37.2 Å². The van der Waals surface area contributed by atoms with Gasteiger partial charge in [-0.25, -0.2) is 4.98 Å². The number of anilines is 1. The van der Waals surface area contributed by atoms with Crippen LogP contribution in [0.1, 0.15) is 17.8 Å². The number of nitrogens with zero attached hydrogens (tertiary/aromatic N) is 5. The molecule has 7 nitrogen and oxygen atoms in total. The lowest BCUT2D eigenvalue weighted by Crippen LogP contribution is -2.29. The van der Waals surface area contributed by atoms with Gasteiger partial charge in [-0.3, -0.25) is 9.20 Å². The highest BCUT2D eigenvalue weighted by atomic mass is 32.2. The van der Waals surface area contributed by atoms with Crippen LogP contribution in [0.4, 0.5) is 5.69 Å². The summed E-state index contributed by atoms with van der Waals surface area (Å²) in [5.41, 5.74) is 3.09. The van der Waals surface area contributed by atoms with E-state index in [1.807, 2.05) is 42.5 Å². The Labute approximate surface area is 163 Å². The van der Waals surface area contributed by atoms with Crippen LogP contribution in [0.3, 0.4) is 0 Å². The standard InChI is InChI=1S/C19H24N6OS/c1-14-12-15(2)25-18(21-14)22-23-19(25)27-13-17(26)20-10-7-11-24(3)16-8-5-4-6-9-16/h4-6,8-9,12H,7,10-11,13H2,1-3H3,(H,20,26). The summed E-state index contributed by atoms with van der Waals surface area (Å²) in [6.45, 7) is 5.45. The van der Waals surface area contributed by atoms with E-state index in [4.69, 9.17) is 0 Å². The molecule has 3 rings (SSSR count). The van der Waals surface area contributed by atoms with E-state index in [1.54, 1.807) is 0 Å². The molecule has 1 N–H and O–H groups in total. The predicted octanol–water partition coefficient (Wildman–Crippen LogP) is 2.48. The van der Waals surface area contributed by atoms with E-state index in [1.165, 1.54) is 17.4 Å². The Morgan fingerprint density at radius 2 is 2.00 bits per heavy atom. The lowest BCUT2D eigenvalue weighted by atomic mass is 10.3. The summed E-state index contributed by atoms with van der Waals surface area (Å²) < 4.78 is 1.87. The van der Waals surface area contributed by atoms with Gasteiger partial charge in [-0.1, -0.05) is 30.0 Å². The highest BCUT2D eigenvalue weighted by molar-refractivity contribution is 7.99. The normalized spacial score (nSPS) is 10.9. The molecule has 0 bridgehead atoms. The molecule has 1 aromatic carbocycles. The number of fused-ring (bicyclic) bond motifs is 1. The maximum Gasteiger partial charge on any atom is 0.256 e. The van der Waals surface area contributed by atoms with Gasteiger partial charge in [0.15, 0.2) is 5.16 Å². The molecule has 1 amide bonds. The van der Waals surface area contributed by atoms with Crippen molar-refractivity contribution in [1.29, 1.82) is 0 Å². The molecule has 0 aliphatic heterocycles. The topological polar surface area (TPSA) is 75.4 Å². The van der Waals surface area contributed by atoms with E-state index in [2.05, 4.69) is 44.6 Å². The predicted molar refractivity (Wildman–Crippen MR) is 108 cm³/mol. The Morgan fingerprint density at radius 3 is 2.78 bits per heavy atom. The van der Waals surface area contributed by atoms with Crippen LogP contribution in [0.5, 0.6) is 0 Å². The van der Waals surface area contributed by atoms with Crippen molar-refractivity contribution < 1.29 is 4.79 Å². The number of aryl methyl sites for hydroxylation is 2.